The molecule has 21 heavy (non-hydrogen) atoms. The van der Waals surface area contributed by atoms with Crippen molar-refractivity contribution < 1.29 is 22.7 Å². The van der Waals surface area contributed by atoms with Crippen molar-refractivity contribution in [3.8, 4) is 0 Å². The first-order valence-electron chi connectivity index (χ1n) is 5.90. The first-order chi connectivity index (χ1) is 9.88. The number of benzene rings is 2. The molecule has 0 aliphatic rings. The van der Waals surface area contributed by atoms with Crippen molar-refractivity contribution in [3.63, 3.8) is 0 Å². The van der Waals surface area contributed by atoms with E-state index in [-0.39, 0.29) is 22.3 Å². The van der Waals surface area contributed by atoms with Gasteiger partial charge in [-0.25, -0.2) is 17.6 Å². The first-order valence-corrected chi connectivity index (χ1v) is 6.69. The highest BCUT2D eigenvalue weighted by Gasteiger charge is 2.16. The zero-order valence-electron chi connectivity index (χ0n) is 10.5. The molecular weight excluding hydrogens is 354 g/mol. The van der Waals surface area contributed by atoms with Crippen molar-refractivity contribution >= 4 is 21.6 Å². The van der Waals surface area contributed by atoms with Crippen LogP contribution in [-0.2, 0) is 0 Å². The molecule has 0 spiro atoms. The summed E-state index contributed by atoms with van der Waals surface area (Å²) in [6, 6.07) is 4.39. The molecule has 112 valence electrons. The standard InChI is InChI=1S/C14H10BrF4NO/c15-10-4-8(17)5-12(19)14(10)20-6-13(21)9-3-7(16)1-2-11(9)18/h1-5,13,20-21H,6H2. The van der Waals surface area contributed by atoms with Crippen LogP contribution in [0.4, 0.5) is 23.2 Å². The van der Waals surface area contributed by atoms with Crippen LogP contribution in [0.1, 0.15) is 11.7 Å². The van der Waals surface area contributed by atoms with Crippen LogP contribution in [0.3, 0.4) is 0 Å². The second-order valence-corrected chi connectivity index (χ2v) is 5.16. The highest BCUT2D eigenvalue weighted by molar-refractivity contribution is 9.10. The summed E-state index contributed by atoms with van der Waals surface area (Å²) >= 11 is 2.97. The molecule has 0 fully saturated rings. The summed E-state index contributed by atoms with van der Waals surface area (Å²) < 4.78 is 53.1. The topological polar surface area (TPSA) is 32.3 Å². The maximum atomic E-state index is 13.6. The Morgan fingerprint density at radius 2 is 1.71 bits per heavy atom. The van der Waals surface area contributed by atoms with Gasteiger partial charge in [-0.1, -0.05) is 0 Å². The fraction of sp³-hybridized carbons (Fsp3) is 0.143. The largest absolute Gasteiger partial charge is 0.386 e. The molecule has 0 saturated carbocycles. The smallest absolute Gasteiger partial charge is 0.150 e. The zero-order chi connectivity index (χ0) is 15.6. The van der Waals surface area contributed by atoms with Gasteiger partial charge < -0.3 is 10.4 Å². The SMILES string of the molecule is OC(CNc1c(F)cc(F)cc1Br)c1cc(F)ccc1F. The van der Waals surface area contributed by atoms with E-state index >= 15 is 0 Å². The van der Waals surface area contributed by atoms with E-state index in [0.717, 1.165) is 24.3 Å². The molecule has 0 heterocycles. The van der Waals surface area contributed by atoms with E-state index < -0.39 is 29.4 Å². The monoisotopic (exact) mass is 363 g/mol. The fourth-order valence-corrected chi connectivity index (χ4v) is 2.34. The van der Waals surface area contributed by atoms with Crippen LogP contribution in [0, 0.1) is 23.3 Å². The Labute approximate surface area is 126 Å². The van der Waals surface area contributed by atoms with Gasteiger partial charge in [0, 0.05) is 22.6 Å². The van der Waals surface area contributed by atoms with Crippen molar-refractivity contribution in [1.82, 2.24) is 0 Å². The van der Waals surface area contributed by atoms with E-state index in [1.807, 2.05) is 0 Å². The Morgan fingerprint density at radius 3 is 2.38 bits per heavy atom. The van der Waals surface area contributed by atoms with Gasteiger partial charge in [0.2, 0.25) is 0 Å². The molecule has 2 aromatic carbocycles. The molecular formula is C14H10BrF4NO. The van der Waals surface area contributed by atoms with Crippen LogP contribution in [0.15, 0.2) is 34.8 Å². The molecule has 0 amide bonds. The number of hydrogen-bond donors (Lipinski definition) is 2. The number of anilines is 1. The van der Waals surface area contributed by atoms with Crippen LogP contribution in [0.2, 0.25) is 0 Å². The molecule has 2 aromatic rings. The van der Waals surface area contributed by atoms with Crippen LogP contribution < -0.4 is 5.32 Å². The van der Waals surface area contributed by atoms with E-state index in [9.17, 15) is 22.7 Å². The molecule has 0 saturated heterocycles. The van der Waals surface area contributed by atoms with E-state index in [1.54, 1.807) is 0 Å². The average Bonchev–Trinajstić information content (AvgIpc) is 2.40. The molecule has 0 aliphatic heterocycles. The molecule has 0 bridgehead atoms. The predicted molar refractivity (Wildman–Crippen MR) is 73.9 cm³/mol. The van der Waals surface area contributed by atoms with Gasteiger partial charge in [0.05, 0.1) is 11.8 Å². The number of halogens is 5. The maximum Gasteiger partial charge on any atom is 0.150 e. The minimum atomic E-state index is -1.39. The lowest BCUT2D eigenvalue weighted by Gasteiger charge is -2.15. The normalized spacial score (nSPS) is 12.3. The molecule has 2 nitrogen and oxygen atoms in total. The van der Waals surface area contributed by atoms with Crippen molar-refractivity contribution in [2.24, 2.45) is 0 Å². The van der Waals surface area contributed by atoms with Gasteiger partial charge in [-0.2, -0.15) is 0 Å². The lowest BCUT2D eigenvalue weighted by Crippen LogP contribution is -2.15. The number of hydrogen-bond acceptors (Lipinski definition) is 2. The zero-order valence-corrected chi connectivity index (χ0v) is 12.1. The number of aliphatic hydroxyl groups is 1. The van der Waals surface area contributed by atoms with Gasteiger partial charge in [-0.05, 0) is 40.2 Å². The summed E-state index contributed by atoms with van der Waals surface area (Å²) in [4.78, 5) is 0. The Bertz CT molecular complexity index is 642. The van der Waals surface area contributed by atoms with Crippen LogP contribution in [0.5, 0.6) is 0 Å². The van der Waals surface area contributed by atoms with Gasteiger partial charge in [-0.15, -0.1) is 0 Å². The van der Waals surface area contributed by atoms with Gasteiger partial charge in [-0.3, -0.25) is 0 Å². The third kappa shape index (κ3) is 3.74. The number of aliphatic hydroxyl groups excluding tert-OH is 1. The summed E-state index contributed by atoms with van der Waals surface area (Å²) in [7, 11) is 0. The lowest BCUT2D eigenvalue weighted by atomic mass is 10.1. The molecule has 2 rings (SSSR count). The van der Waals surface area contributed by atoms with E-state index in [1.165, 1.54) is 0 Å². The third-order valence-corrected chi connectivity index (χ3v) is 3.42. The maximum absolute atomic E-state index is 13.6. The Balaban J connectivity index is 2.15. The summed E-state index contributed by atoms with van der Waals surface area (Å²) in [5, 5.41) is 12.4. The van der Waals surface area contributed by atoms with E-state index in [0.29, 0.717) is 6.07 Å². The molecule has 7 heteroatoms. The summed E-state index contributed by atoms with van der Waals surface area (Å²) in [6.45, 7) is -0.276. The minimum absolute atomic E-state index is 0.0766. The fourth-order valence-electron chi connectivity index (χ4n) is 1.79. The summed E-state index contributed by atoms with van der Waals surface area (Å²) in [5.41, 5.74) is -0.326. The molecule has 1 unspecified atom stereocenters. The van der Waals surface area contributed by atoms with Gasteiger partial charge >= 0.3 is 0 Å². The number of nitrogens with one attached hydrogen (secondary N) is 1. The second-order valence-electron chi connectivity index (χ2n) is 4.31. The van der Waals surface area contributed by atoms with Gasteiger partial charge in [0.25, 0.3) is 0 Å². The van der Waals surface area contributed by atoms with Gasteiger partial charge in [0.1, 0.15) is 23.3 Å². The third-order valence-electron chi connectivity index (χ3n) is 2.80. The summed E-state index contributed by atoms with van der Waals surface area (Å²) in [6.07, 6.45) is -1.39. The molecule has 0 aromatic heterocycles. The van der Waals surface area contributed by atoms with Crippen LogP contribution in [-0.4, -0.2) is 11.7 Å². The van der Waals surface area contributed by atoms with E-state index in [4.69, 9.17) is 0 Å². The summed E-state index contributed by atoms with van der Waals surface area (Å²) in [5.74, 6) is -3.10. The van der Waals surface area contributed by atoms with E-state index in [2.05, 4.69) is 21.2 Å². The van der Waals surface area contributed by atoms with Crippen molar-refractivity contribution in [2.75, 3.05) is 11.9 Å². The van der Waals surface area contributed by atoms with Crippen molar-refractivity contribution in [3.05, 3.63) is 63.6 Å². The highest BCUT2D eigenvalue weighted by Crippen LogP contribution is 2.28. The molecule has 1 atom stereocenters. The predicted octanol–water partition coefficient (Wildman–Crippen LogP) is 4.15. The first kappa shape index (κ1) is 15.8. The Morgan fingerprint density at radius 1 is 1.00 bits per heavy atom. The lowest BCUT2D eigenvalue weighted by molar-refractivity contribution is 0.186. The average molecular weight is 364 g/mol. The highest BCUT2D eigenvalue weighted by atomic mass is 79.9. The van der Waals surface area contributed by atoms with Crippen molar-refractivity contribution in [2.45, 2.75) is 6.10 Å². The second kappa shape index (κ2) is 6.44. The number of rotatable bonds is 4. The molecule has 0 radical (unpaired) electrons. The van der Waals surface area contributed by atoms with Crippen LogP contribution >= 0.6 is 15.9 Å². The van der Waals surface area contributed by atoms with Gasteiger partial charge in [0.15, 0.2) is 0 Å². The molecule has 2 N–H and O–H groups in total. The van der Waals surface area contributed by atoms with Crippen molar-refractivity contribution in [1.29, 1.82) is 0 Å². The minimum Gasteiger partial charge on any atom is -0.386 e. The molecule has 0 aliphatic carbocycles. The quantitative estimate of drug-likeness (QED) is 0.799. The van der Waals surface area contributed by atoms with Crippen LogP contribution in [0.25, 0.3) is 0 Å². The Hall–Kier alpha value is -1.60. The Kier molecular flexibility index (Phi) is 4.84.